The van der Waals surface area contributed by atoms with Crippen molar-refractivity contribution < 1.29 is 14.5 Å². The fraction of sp³-hybridized carbons (Fsp3) is 0.364. The second kappa shape index (κ2) is 9.95. The number of nitro benzene ring substituents is 1. The molecule has 0 bridgehead atoms. The van der Waals surface area contributed by atoms with Gasteiger partial charge in [0, 0.05) is 48.3 Å². The zero-order valence-electron chi connectivity index (χ0n) is 17.9. The van der Waals surface area contributed by atoms with Gasteiger partial charge in [-0.15, -0.1) is 11.8 Å². The molecule has 10 heteroatoms. The van der Waals surface area contributed by atoms with Gasteiger partial charge >= 0.3 is 0 Å². The maximum absolute atomic E-state index is 13.5. The monoisotopic (exact) mass is 472 g/mol. The van der Waals surface area contributed by atoms with Crippen LogP contribution in [0.1, 0.15) is 15.9 Å². The number of hydrogen-bond acceptors (Lipinski definition) is 8. The molecule has 1 fully saturated rings. The molecule has 1 amide bonds. The summed E-state index contributed by atoms with van der Waals surface area (Å²) in [6.45, 7) is 5.77. The van der Waals surface area contributed by atoms with E-state index in [4.69, 9.17) is 9.72 Å². The first-order valence-electron chi connectivity index (χ1n) is 10.3. The van der Waals surface area contributed by atoms with Gasteiger partial charge in [0.15, 0.2) is 5.13 Å². The van der Waals surface area contributed by atoms with Crippen molar-refractivity contribution in [3.05, 3.63) is 57.6 Å². The minimum atomic E-state index is -0.453. The Labute approximate surface area is 194 Å². The van der Waals surface area contributed by atoms with Crippen LogP contribution in [0, 0.1) is 17.0 Å². The summed E-state index contributed by atoms with van der Waals surface area (Å²) < 4.78 is 6.42. The number of thioether (sulfide) groups is 1. The Balaban J connectivity index is 1.67. The molecule has 1 aliphatic heterocycles. The lowest BCUT2D eigenvalue weighted by Crippen LogP contribution is -2.43. The van der Waals surface area contributed by atoms with Gasteiger partial charge in [-0.05, 0) is 37.4 Å². The number of hydrogen-bond donors (Lipinski definition) is 0. The number of anilines is 1. The Bertz CT molecular complexity index is 1140. The molecular formula is C22H24N4O4S2. The van der Waals surface area contributed by atoms with E-state index in [-0.39, 0.29) is 17.2 Å². The average Bonchev–Trinajstić information content (AvgIpc) is 3.22. The highest BCUT2D eigenvalue weighted by Gasteiger charge is 2.25. The van der Waals surface area contributed by atoms with Gasteiger partial charge in [-0.1, -0.05) is 17.4 Å². The number of morpholine rings is 1. The third kappa shape index (κ3) is 4.93. The van der Waals surface area contributed by atoms with Crippen molar-refractivity contribution in [3.8, 4) is 0 Å². The van der Waals surface area contributed by atoms with E-state index in [2.05, 4.69) is 11.0 Å². The number of fused-ring (bicyclic) bond motifs is 1. The molecule has 0 saturated carbocycles. The lowest BCUT2D eigenvalue weighted by atomic mass is 10.1. The molecule has 1 aromatic heterocycles. The van der Waals surface area contributed by atoms with E-state index in [1.54, 1.807) is 35.7 Å². The highest BCUT2D eigenvalue weighted by molar-refractivity contribution is 7.98. The molecule has 8 nitrogen and oxygen atoms in total. The van der Waals surface area contributed by atoms with Gasteiger partial charge in [0.05, 0.1) is 28.4 Å². The molecule has 0 atom stereocenters. The predicted molar refractivity (Wildman–Crippen MR) is 128 cm³/mol. The second-order valence-electron chi connectivity index (χ2n) is 7.50. The summed E-state index contributed by atoms with van der Waals surface area (Å²) in [5.41, 5.74) is 1.59. The maximum atomic E-state index is 13.5. The van der Waals surface area contributed by atoms with E-state index in [9.17, 15) is 14.9 Å². The minimum absolute atomic E-state index is 0.0575. The van der Waals surface area contributed by atoms with Crippen molar-refractivity contribution in [2.24, 2.45) is 0 Å². The van der Waals surface area contributed by atoms with Crippen molar-refractivity contribution in [1.82, 2.24) is 9.88 Å². The molecule has 32 heavy (non-hydrogen) atoms. The van der Waals surface area contributed by atoms with E-state index >= 15 is 0 Å². The van der Waals surface area contributed by atoms with Crippen LogP contribution in [0.25, 0.3) is 10.2 Å². The third-order valence-electron chi connectivity index (χ3n) is 5.46. The molecule has 2 heterocycles. The van der Waals surface area contributed by atoms with Gasteiger partial charge < -0.3 is 4.74 Å². The van der Waals surface area contributed by atoms with Crippen LogP contribution in [-0.4, -0.2) is 66.4 Å². The van der Waals surface area contributed by atoms with E-state index < -0.39 is 4.92 Å². The normalized spacial score (nSPS) is 14.6. The van der Waals surface area contributed by atoms with Gasteiger partial charge in [-0.3, -0.25) is 24.7 Å². The number of ether oxygens (including phenoxy) is 1. The number of nitrogens with zero attached hydrogens (tertiary/aromatic N) is 4. The number of nitro groups is 1. The zero-order valence-corrected chi connectivity index (χ0v) is 19.6. The van der Waals surface area contributed by atoms with Gasteiger partial charge in [0.25, 0.3) is 11.6 Å². The summed E-state index contributed by atoms with van der Waals surface area (Å²) in [5, 5.41) is 12.0. The number of rotatable bonds is 7. The smallest absolute Gasteiger partial charge is 0.273 e. The Morgan fingerprint density at radius 1 is 1.28 bits per heavy atom. The molecule has 0 N–H and O–H groups in total. The summed E-state index contributed by atoms with van der Waals surface area (Å²) in [7, 11) is 0. The van der Waals surface area contributed by atoms with E-state index in [1.807, 2.05) is 18.4 Å². The predicted octanol–water partition coefficient (Wildman–Crippen LogP) is 4.21. The van der Waals surface area contributed by atoms with Crippen LogP contribution < -0.4 is 4.90 Å². The van der Waals surface area contributed by atoms with Crippen molar-refractivity contribution in [2.75, 3.05) is 50.5 Å². The molecule has 168 valence electrons. The van der Waals surface area contributed by atoms with Crippen molar-refractivity contribution in [1.29, 1.82) is 0 Å². The summed E-state index contributed by atoms with van der Waals surface area (Å²) in [6, 6.07) is 10.7. The molecule has 0 spiro atoms. The molecule has 3 aromatic rings. The Kier molecular flexibility index (Phi) is 7.04. The number of amides is 1. The summed E-state index contributed by atoms with van der Waals surface area (Å²) in [5.74, 6) is -0.287. The SMILES string of the molecule is CSc1ccc2nc(N(CCN3CCOCC3)C(=O)c3ccc(C)c([N+](=O)[O-])c3)sc2c1. The number of carbonyl (C=O) groups is 1. The summed E-state index contributed by atoms with van der Waals surface area (Å²) in [4.78, 5) is 34.2. The van der Waals surface area contributed by atoms with E-state index in [1.165, 1.54) is 17.4 Å². The largest absolute Gasteiger partial charge is 0.379 e. The molecule has 1 saturated heterocycles. The molecule has 4 rings (SSSR count). The first-order chi connectivity index (χ1) is 15.5. The molecule has 0 radical (unpaired) electrons. The zero-order chi connectivity index (χ0) is 22.7. The van der Waals surface area contributed by atoms with Gasteiger partial charge in [-0.25, -0.2) is 4.98 Å². The van der Waals surface area contributed by atoms with Gasteiger partial charge in [-0.2, -0.15) is 0 Å². The molecular weight excluding hydrogens is 448 g/mol. The quantitative estimate of drug-likeness (QED) is 0.289. The van der Waals surface area contributed by atoms with E-state index in [0.29, 0.717) is 37.0 Å². The van der Waals surface area contributed by atoms with Crippen LogP contribution in [0.3, 0.4) is 0 Å². The molecule has 0 aliphatic carbocycles. The first kappa shape index (κ1) is 22.7. The van der Waals surface area contributed by atoms with Crippen LogP contribution in [0.2, 0.25) is 0 Å². The molecule has 2 aromatic carbocycles. The third-order valence-corrected chi connectivity index (χ3v) is 7.22. The number of benzene rings is 2. The highest BCUT2D eigenvalue weighted by Crippen LogP contribution is 2.32. The van der Waals surface area contributed by atoms with Crippen LogP contribution in [-0.2, 0) is 4.74 Å². The number of aryl methyl sites for hydroxylation is 1. The lowest BCUT2D eigenvalue weighted by Gasteiger charge is -2.29. The minimum Gasteiger partial charge on any atom is -0.379 e. The molecule has 0 unspecified atom stereocenters. The van der Waals surface area contributed by atoms with Gasteiger partial charge in [0.2, 0.25) is 0 Å². The van der Waals surface area contributed by atoms with E-state index in [0.717, 1.165) is 28.2 Å². The van der Waals surface area contributed by atoms with Crippen LogP contribution >= 0.6 is 23.1 Å². The standard InChI is InChI=1S/C22H24N4O4S2/c1-15-3-4-16(13-19(15)26(28)29)21(27)25(8-7-24-9-11-30-12-10-24)22-23-18-6-5-17(31-2)14-20(18)32-22/h3-6,13-14H,7-12H2,1-2H3. The van der Waals surface area contributed by atoms with Gasteiger partial charge in [0.1, 0.15) is 0 Å². The summed E-state index contributed by atoms with van der Waals surface area (Å²) in [6.07, 6.45) is 2.02. The highest BCUT2D eigenvalue weighted by atomic mass is 32.2. The number of carbonyl (C=O) groups excluding carboxylic acids is 1. The second-order valence-corrected chi connectivity index (χ2v) is 9.39. The number of thiazole rings is 1. The Hall–Kier alpha value is -2.53. The fourth-order valence-corrected chi connectivity index (χ4v) is 5.12. The molecule has 1 aliphatic rings. The summed E-state index contributed by atoms with van der Waals surface area (Å²) >= 11 is 3.12. The van der Waals surface area contributed by atoms with Crippen LogP contribution in [0.4, 0.5) is 10.8 Å². The Morgan fingerprint density at radius 2 is 2.06 bits per heavy atom. The van der Waals surface area contributed by atoms with Crippen LogP contribution in [0.15, 0.2) is 41.3 Å². The topological polar surface area (TPSA) is 88.8 Å². The first-order valence-corrected chi connectivity index (χ1v) is 12.3. The number of aromatic nitrogens is 1. The fourth-order valence-electron chi connectivity index (χ4n) is 3.58. The van der Waals surface area contributed by atoms with Crippen molar-refractivity contribution in [2.45, 2.75) is 11.8 Å². The van der Waals surface area contributed by atoms with Crippen molar-refractivity contribution in [3.63, 3.8) is 0 Å². The Morgan fingerprint density at radius 3 is 2.78 bits per heavy atom. The maximum Gasteiger partial charge on any atom is 0.273 e. The lowest BCUT2D eigenvalue weighted by molar-refractivity contribution is -0.385. The van der Waals surface area contributed by atoms with Crippen LogP contribution in [0.5, 0.6) is 0 Å². The van der Waals surface area contributed by atoms with Crippen molar-refractivity contribution >= 4 is 50.0 Å². The average molecular weight is 473 g/mol.